The maximum absolute atomic E-state index is 13.2. The first kappa shape index (κ1) is 22.9. The van der Waals surface area contributed by atoms with Crippen molar-refractivity contribution in [3.05, 3.63) is 84.2 Å². The van der Waals surface area contributed by atoms with Gasteiger partial charge in [-0.3, -0.25) is 14.7 Å². The minimum atomic E-state index is -0.270. The molecule has 0 aliphatic carbocycles. The third-order valence-corrected chi connectivity index (χ3v) is 6.18. The van der Waals surface area contributed by atoms with Crippen molar-refractivity contribution in [2.24, 2.45) is 5.73 Å². The second kappa shape index (κ2) is 9.81. The summed E-state index contributed by atoms with van der Waals surface area (Å²) in [4.78, 5) is 28.4. The summed E-state index contributed by atoms with van der Waals surface area (Å²) >= 11 is 0. The van der Waals surface area contributed by atoms with Crippen molar-refractivity contribution in [2.45, 2.75) is 39.3 Å². The van der Waals surface area contributed by atoms with E-state index in [-0.39, 0.29) is 11.9 Å². The summed E-state index contributed by atoms with van der Waals surface area (Å²) in [5, 5.41) is 3.04. The predicted molar refractivity (Wildman–Crippen MR) is 135 cm³/mol. The zero-order valence-corrected chi connectivity index (χ0v) is 20.1. The number of aromatic nitrogens is 5. The molecule has 9 nitrogen and oxygen atoms in total. The minimum Gasteiger partial charge on any atom is -0.327 e. The number of nitrogens with two attached hydrogens (primary N) is 1. The molecule has 0 spiro atoms. The number of nitrogens with one attached hydrogen (secondary N) is 1. The lowest BCUT2D eigenvalue weighted by atomic mass is 10.1. The number of piperidine rings is 1. The Bertz CT molecular complexity index is 1340. The number of aryl methyl sites for hydroxylation is 2. The quantitative estimate of drug-likeness (QED) is 0.448. The number of likely N-dealkylation sites (tertiary alicyclic amines) is 1. The molecule has 3 aromatic heterocycles. The second-order valence-corrected chi connectivity index (χ2v) is 9.22. The molecule has 4 aromatic rings. The summed E-state index contributed by atoms with van der Waals surface area (Å²) in [6.07, 6.45) is 11.2. The van der Waals surface area contributed by atoms with Gasteiger partial charge in [-0.15, -0.1) is 0 Å². The zero-order valence-electron chi connectivity index (χ0n) is 20.1. The maximum Gasteiger partial charge on any atom is 0.274 e. The second-order valence-electron chi connectivity index (χ2n) is 9.22. The van der Waals surface area contributed by atoms with Crippen LogP contribution in [0.2, 0.25) is 0 Å². The van der Waals surface area contributed by atoms with Crippen molar-refractivity contribution in [2.75, 3.05) is 18.4 Å². The summed E-state index contributed by atoms with van der Waals surface area (Å²) in [7, 11) is 0. The monoisotopic (exact) mass is 470 g/mol. The zero-order chi connectivity index (χ0) is 24.4. The molecule has 9 heteroatoms. The molecule has 180 valence electrons. The lowest BCUT2D eigenvalue weighted by molar-refractivity contribution is 0.102. The highest BCUT2D eigenvalue weighted by molar-refractivity contribution is 6.03. The summed E-state index contributed by atoms with van der Waals surface area (Å²) in [5.41, 5.74) is 11.9. The lowest BCUT2D eigenvalue weighted by Crippen LogP contribution is -2.42. The number of amides is 1. The van der Waals surface area contributed by atoms with Crippen LogP contribution in [-0.4, -0.2) is 54.0 Å². The third-order valence-electron chi connectivity index (χ3n) is 6.18. The van der Waals surface area contributed by atoms with E-state index in [4.69, 9.17) is 5.73 Å². The first-order valence-electron chi connectivity index (χ1n) is 11.8. The van der Waals surface area contributed by atoms with E-state index in [1.165, 1.54) is 0 Å². The van der Waals surface area contributed by atoms with Crippen LogP contribution in [-0.2, 0) is 6.54 Å². The molecule has 1 atom stereocenters. The van der Waals surface area contributed by atoms with E-state index >= 15 is 0 Å². The van der Waals surface area contributed by atoms with Crippen LogP contribution in [0.25, 0.3) is 11.4 Å². The molecule has 4 heterocycles. The highest BCUT2D eigenvalue weighted by atomic mass is 16.1. The van der Waals surface area contributed by atoms with Crippen molar-refractivity contribution < 1.29 is 4.79 Å². The van der Waals surface area contributed by atoms with Gasteiger partial charge in [0, 0.05) is 49.1 Å². The van der Waals surface area contributed by atoms with Crippen LogP contribution in [0, 0.1) is 13.8 Å². The largest absolute Gasteiger partial charge is 0.327 e. The third kappa shape index (κ3) is 5.47. The lowest BCUT2D eigenvalue weighted by Gasteiger charge is -2.30. The number of nitrogens with zero attached hydrogens (tertiary/aromatic N) is 6. The van der Waals surface area contributed by atoms with Gasteiger partial charge in [-0.1, -0.05) is 0 Å². The molecular weight excluding hydrogens is 440 g/mol. The molecule has 1 aliphatic rings. The number of hydrogen-bond donors (Lipinski definition) is 2. The van der Waals surface area contributed by atoms with Gasteiger partial charge in [-0.05, 0) is 69.1 Å². The minimum absolute atomic E-state index is 0.208. The van der Waals surface area contributed by atoms with E-state index in [9.17, 15) is 4.79 Å². The molecule has 0 radical (unpaired) electrons. The fourth-order valence-corrected chi connectivity index (χ4v) is 4.50. The van der Waals surface area contributed by atoms with E-state index in [0.29, 0.717) is 11.4 Å². The Labute approximate surface area is 204 Å². The molecule has 3 N–H and O–H groups in total. The van der Waals surface area contributed by atoms with E-state index in [0.717, 1.165) is 60.8 Å². The molecule has 1 aromatic carbocycles. The molecule has 5 rings (SSSR count). The highest BCUT2D eigenvalue weighted by Crippen LogP contribution is 2.22. The molecular formula is C26H30N8O. The standard InChI is InChI=1S/C26H30N8O/c1-18-12-33(16-29-18)23-5-6-28-25(11-23)26(35)31-22-8-20(14-32-7-3-4-21(27)15-32)9-24(10-22)34-13-19(2)30-17-34/h5-6,8-13,16-17,21H,3-4,7,14-15,27H2,1-2H3,(H,31,35). The average molecular weight is 471 g/mol. The van der Waals surface area contributed by atoms with Gasteiger partial charge in [0.1, 0.15) is 5.69 Å². The van der Waals surface area contributed by atoms with Gasteiger partial charge in [0.15, 0.2) is 0 Å². The van der Waals surface area contributed by atoms with Gasteiger partial charge >= 0.3 is 0 Å². The number of pyridine rings is 1. The molecule has 1 saturated heterocycles. The van der Waals surface area contributed by atoms with Crippen molar-refractivity contribution in [1.82, 2.24) is 29.0 Å². The number of hydrogen-bond acceptors (Lipinski definition) is 6. The topological polar surface area (TPSA) is 107 Å². The maximum atomic E-state index is 13.2. The summed E-state index contributed by atoms with van der Waals surface area (Å²) in [6.45, 7) is 6.55. The SMILES string of the molecule is Cc1cn(-c2cc(CN3CCCC(N)C3)cc(NC(=O)c3cc(-n4cnc(C)c4)ccn3)c2)cn1. The summed E-state index contributed by atoms with van der Waals surface area (Å²) in [6, 6.07) is 9.93. The number of rotatable bonds is 6. The van der Waals surface area contributed by atoms with E-state index in [1.807, 2.05) is 53.6 Å². The fourth-order valence-electron chi connectivity index (χ4n) is 4.50. The van der Waals surface area contributed by atoms with E-state index < -0.39 is 0 Å². The average Bonchev–Trinajstić information content (AvgIpc) is 3.47. The summed E-state index contributed by atoms with van der Waals surface area (Å²) < 4.78 is 3.84. The predicted octanol–water partition coefficient (Wildman–Crippen LogP) is 3.25. The van der Waals surface area contributed by atoms with Gasteiger partial charge < -0.3 is 20.2 Å². The van der Waals surface area contributed by atoms with Crippen molar-refractivity contribution in [3.63, 3.8) is 0 Å². The van der Waals surface area contributed by atoms with Crippen molar-refractivity contribution in [3.8, 4) is 11.4 Å². The highest BCUT2D eigenvalue weighted by Gasteiger charge is 2.18. The van der Waals surface area contributed by atoms with Crippen LogP contribution >= 0.6 is 0 Å². The first-order valence-corrected chi connectivity index (χ1v) is 11.8. The molecule has 1 unspecified atom stereocenters. The van der Waals surface area contributed by atoms with Crippen LogP contribution in [0.3, 0.4) is 0 Å². The van der Waals surface area contributed by atoms with E-state index in [1.54, 1.807) is 24.9 Å². The van der Waals surface area contributed by atoms with Crippen molar-refractivity contribution in [1.29, 1.82) is 0 Å². The van der Waals surface area contributed by atoms with Crippen LogP contribution in [0.5, 0.6) is 0 Å². The Balaban J connectivity index is 1.41. The Hall–Kier alpha value is -3.82. The van der Waals surface area contributed by atoms with Gasteiger partial charge in [0.25, 0.3) is 5.91 Å². The molecule has 1 aliphatic heterocycles. The van der Waals surface area contributed by atoms with Crippen LogP contribution in [0.4, 0.5) is 5.69 Å². The smallest absolute Gasteiger partial charge is 0.274 e. The van der Waals surface area contributed by atoms with Crippen molar-refractivity contribution >= 4 is 11.6 Å². The number of benzene rings is 1. The fraction of sp³-hybridized carbons (Fsp3) is 0.308. The van der Waals surface area contributed by atoms with Crippen LogP contribution < -0.4 is 11.1 Å². The Morgan fingerprint density at radius 2 is 1.77 bits per heavy atom. The van der Waals surface area contributed by atoms with Gasteiger partial charge in [-0.2, -0.15) is 0 Å². The van der Waals surface area contributed by atoms with Crippen LogP contribution in [0.15, 0.2) is 61.6 Å². The molecule has 0 saturated carbocycles. The number of imidazole rings is 2. The van der Waals surface area contributed by atoms with E-state index in [2.05, 4.69) is 31.2 Å². The summed E-state index contributed by atoms with van der Waals surface area (Å²) in [5.74, 6) is -0.270. The molecule has 35 heavy (non-hydrogen) atoms. The molecule has 1 amide bonds. The molecule has 1 fully saturated rings. The number of anilines is 1. The Morgan fingerprint density at radius 1 is 1.03 bits per heavy atom. The van der Waals surface area contributed by atoms with Gasteiger partial charge in [-0.25, -0.2) is 9.97 Å². The van der Waals surface area contributed by atoms with Gasteiger partial charge in [0.2, 0.25) is 0 Å². The van der Waals surface area contributed by atoms with Gasteiger partial charge in [0.05, 0.1) is 29.7 Å². The number of carbonyl (C=O) groups is 1. The normalized spacial score (nSPS) is 16.4. The Morgan fingerprint density at radius 3 is 2.46 bits per heavy atom. The molecule has 0 bridgehead atoms. The van der Waals surface area contributed by atoms with Crippen LogP contribution in [0.1, 0.15) is 40.3 Å². The Kier molecular flexibility index (Phi) is 6.43. The number of carbonyl (C=O) groups excluding carboxylic acids is 1. The first-order chi connectivity index (χ1) is 16.9.